The van der Waals surface area contributed by atoms with E-state index in [1.807, 2.05) is 82.3 Å². The van der Waals surface area contributed by atoms with Crippen molar-refractivity contribution in [2.45, 2.75) is 77.8 Å². The Morgan fingerprint density at radius 3 is 1.35 bits per heavy atom. The Balaban J connectivity index is 1.34. The molecule has 7 nitrogen and oxygen atoms in total. The fraction of sp³-hybridized carbons (Fsp3) is 0.283. The molecule has 1 aromatic heterocycles. The van der Waals surface area contributed by atoms with E-state index in [1.165, 1.54) is 0 Å². The highest BCUT2D eigenvalue weighted by Crippen LogP contribution is 2.37. The van der Waals surface area contributed by atoms with Crippen molar-refractivity contribution < 1.29 is 18.7 Å². The van der Waals surface area contributed by atoms with Gasteiger partial charge in [0.2, 0.25) is 0 Å². The van der Waals surface area contributed by atoms with Gasteiger partial charge in [0.15, 0.2) is 17.5 Å². The van der Waals surface area contributed by atoms with Gasteiger partial charge in [0, 0.05) is 23.8 Å². The first-order valence-corrected chi connectivity index (χ1v) is 18.8. The molecule has 2 heterocycles. The average molecular weight is 729 g/mol. The Kier molecular flexibility index (Phi) is 10.4. The lowest BCUT2D eigenvalue weighted by molar-refractivity contribution is -0.114. The first-order valence-electron chi connectivity index (χ1n) is 18.8. The van der Waals surface area contributed by atoms with Crippen molar-refractivity contribution in [2.24, 2.45) is 0 Å². The number of rotatable bonds is 11. The molecular formula is C46H48B2N3O4. The summed E-state index contributed by atoms with van der Waals surface area (Å²) in [6, 6.07) is 43.5. The highest BCUT2D eigenvalue weighted by Gasteiger charge is 2.52. The van der Waals surface area contributed by atoms with E-state index in [0.717, 1.165) is 49.9 Å². The molecule has 1 fully saturated rings. The summed E-state index contributed by atoms with van der Waals surface area (Å²) in [5.74, 6) is 1.65. The number of benzene rings is 5. The van der Waals surface area contributed by atoms with Crippen LogP contribution in [0.25, 0.3) is 56.4 Å². The zero-order chi connectivity index (χ0) is 39.0. The monoisotopic (exact) mass is 728 g/mol. The molecule has 9 heteroatoms. The molecule has 1 aliphatic rings. The van der Waals surface area contributed by atoms with E-state index in [9.17, 15) is 0 Å². The van der Waals surface area contributed by atoms with Gasteiger partial charge in [0.05, 0.1) is 22.4 Å². The second-order valence-corrected chi connectivity index (χ2v) is 16.1. The summed E-state index contributed by atoms with van der Waals surface area (Å²) in [5, 5.41) is 0. The van der Waals surface area contributed by atoms with E-state index in [-0.39, 0.29) is 0 Å². The lowest BCUT2D eigenvalue weighted by Crippen LogP contribution is -2.50. The van der Waals surface area contributed by atoms with Gasteiger partial charge in [-0.15, -0.1) is 0 Å². The lowest BCUT2D eigenvalue weighted by Gasteiger charge is -2.40. The summed E-state index contributed by atoms with van der Waals surface area (Å²) in [7, 11) is 2.85. The van der Waals surface area contributed by atoms with E-state index in [4.69, 9.17) is 33.7 Å². The predicted molar refractivity (Wildman–Crippen MR) is 224 cm³/mol. The maximum absolute atomic E-state index is 6.54. The number of hydrogen-bond donors (Lipinski definition) is 0. The fourth-order valence-electron chi connectivity index (χ4n) is 6.24. The van der Waals surface area contributed by atoms with Gasteiger partial charge in [-0.25, -0.2) is 15.0 Å². The average Bonchev–Trinajstić information content (AvgIpc) is 3.43. The van der Waals surface area contributed by atoms with Crippen LogP contribution in [0.2, 0.25) is 0 Å². The molecule has 0 N–H and O–H groups in total. The third-order valence-electron chi connectivity index (χ3n) is 11.3. The molecule has 55 heavy (non-hydrogen) atoms. The minimum Gasteiger partial charge on any atom is -0.427 e. The van der Waals surface area contributed by atoms with Crippen LogP contribution in [0.5, 0.6) is 0 Å². The second-order valence-electron chi connectivity index (χ2n) is 16.1. The molecule has 277 valence electrons. The SMILES string of the molecule is COC(C)(C)C(C)(C)O[B]c1cc(B2OC(C)(C)C(C)(C)O2)cc(-c2nc(-c3ccc(-c4ccccc4)cc3)nc(-c3ccc(-c4ccccc4)cc3)n2)c1. The molecule has 1 saturated heterocycles. The highest BCUT2D eigenvalue weighted by atomic mass is 16.7. The van der Waals surface area contributed by atoms with Crippen LogP contribution in [-0.4, -0.2) is 59.1 Å². The summed E-state index contributed by atoms with van der Waals surface area (Å²) in [6.07, 6.45) is 0. The Morgan fingerprint density at radius 1 is 0.509 bits per heavy atom. The normalized spacial score (nSPS) is 15.3. The van der Waals surface area contributed by atoms with Gasteiger partial charge in [0.1, 0.15) is 0 Å². The van der Waals surface area contributed by atoms with Crippen molar-refractivity contribution in [3.63, 3.8) is 0 Å². The van der Waals surface area contributed by atoms with Crippen LogP contribution in [-0.2, 0) is 18.7 Å². The molecule has 0 aliphatic carbocycles. The zero-order valence-electron chi connectivity index (χ0n) is 33.3. The van der Waals surface area contributed by atoms with Crippen LogP contribution in [0.4, 0.5) is 0 Å². The maximum atomic E-state index is 6.54. The van der Waals surface area contributed by atoms with Crippen molar-refractivity contribution in [2.75, 3.05) is 7.11 Å². The lowest BCUT2D eigenvalue weighted by atomic mass is 9.73. The summed E-state index contributed by atoms with van der Waals surface area (Å²) >= 11 is 0. The van der Waals surface area contributed by atoms with Crippen molar-refractivity contribution in [1.82, 2.24) is 15.0 Å². The molecule has 6 aromatic rings. The number of methoxy groups -OCH3 is 1. The first kappa shape index (κ1) is 38.4. The third kappa shape index (κ3) is 8.07. The molecule has 1 aliphatic heterocycles. The third-order valence-corrected chi connectivity index (χ3v) is 11.3. The van der Waals surface area contributed by atoms with Crippen molar-refractivity contribution in [1.29, 1.82) is 0 Å². The van der Waals surface area contributed by atoms with E-state index in [2.05, 4.69) is 100 Å². The minimum atomic E-state index is -0.645. The summed E-state index contributed by atoms with van der Waals surface area (Å²) < 4.78 is 25.3. The predicted octanol–water partition coefficient (Wildman–Crippen LogP) is 8.97. The molecule has 1 radical (unpaired) electrons. The molecule has 0 bridgehead atoms. The molecule has 7 rings (SSSR count). The number of hydrogen-bond acceptors (Lipinski definition) is 7. The van der Waals surface area contributed by atoms with Crippen LogP contribution in [0.3, 0.4) is 0 Å². The number of aromatic nitrogens is 3. The van der Waals surface area contributed by atoms with Gasteiger partial charge in [-0.1, -0.05) is 133 Å². The Bertz CT molecular complexity index is 2140. The Hall–Kier alpha value is -4.92. The molecule has 0 spiro atoms. The maximum Gasteiger partial charge on any atom is 0.494 e. The molecule has 5 aromatic carbocycles. The van der Waals surface area contributed by atoms with Crippen LogP contribution in [0.1, 0.15) is 55.4 Å². The number of nitrogens with zero attached hydrogens (tertiary/aromatic N) is 3. The largest absolute Gasteiger partial charge is 0.494 e. The van der Waals surface area contributed by atoms with Gasteiger partial charge in [0.25, 0.3) is 0 Å². The summed E-state index contributed by atoms with van der Waals surface area (Å²) in [6.45, 7) is 16.3. The van der Waals surface area contributed by atoms with Crippen LogP contribution >= 0.6 is 0 Å². The quantitative estimate of drug-likeness (QED) is 0.123. The fourth-order valence-corrected chi connectivity index (χ4v) is 6.24. The molecule has 0 atom stereocenters. The molecular weight excluding hydrogens is 680 g/mol. The topological polar surface area (TPSA) is 75.6 Å². The van der Waals surface area contributed by atoms with Crippen LogP contribution < -0.4 is 10.9 Å². The van der Waals surface area contributed by atoms with E-state index in [1.54, 1.807) is 14.6 Å². The minimum absolute atomic E-state index is 0.517. The van der Waals surface area contributed by atoms with E-state index in [0.29, 0.717) is 17.5 Å². The molecule has 0 unspecified atom stereocenters. The van der Waals surface area contributed by atoms with Gasteiger partial charge in [-0.05, 0) is 83.1 Å². The smallest absolute Gasteiger partial charge is 0.427 e. The van der Waals surface area contributed by atoms with Crippen molar-refractivity contribution >= 4 is 25.5 Å². The van der Waals surface area contributed by atoms with Gasteiger partial charge in [-0.2, -0.15) is 0 Å². The van der Waals surface area contributed by atoms with E-state index < -0.39 is 29.5 Å². The molecule has 0 amide bonds. The van der Waals surface area contributed by atoms with Crippen molar-refractivity contribution in [3.8, 4) is 56.4 Å². The summed E-state index contributed by atoms with van der Waals surface area (Å²) in [5.41, 5.74) is 6.45. The standard InChI is InChI=1S/C46H48B2N3O4/c1-43(2,52-9)44(3,4)53-47-38-28-37(29-39(30-38)48-54-45(5,6)46(7,8)55-48)42-50-40(35-24-20-33(21-25-35)31-16-12-10-13-17-31)49-41(51-42)36-26-22-34(23-27-36)32-18-14-11-15-19-32/h10-30H,1-9H3. The van der Waals surface area contributed by atoms with Gasteiger partial charge < -0.3 is 18.7 Å². The number of ether oxygens (including phenoxy) is 1. The Labute approximate surface area is 326 Å². The van der Waals surface area contributed by atoms with Gasteiger partial charge >= 0.3 is 14.6 Å². The van der Waals surface area contributed by atoms with E-state index >= 15 is 0 Å². The second kappa shape index (κ2) is 15.0. The van der Waals surface area contributed by atoms with Crippen LogP contribution in [0.15, 0.2) is 127 Å². The first-order chi connectivity index (χ1) is 26.1. The van der Waals surface area contributed by atoms with Gasteiger partial charge in [-0.3, -0.25) is 0 Å². The van der Waals surface area contributed by atoms with Crippen molar-refractivity contribution in [3.05, 3.63) is 127 Å². The zero-order valence-corrected chi connectivity index (χ0v) is 33.3. The van der Waals surface area contributed by atoms with Crippen LogP contribution in [0, 0.1) is 0 Å². The highest BCUT2D eigenvalue weighted by molar-refractivity contribution is 6.63. The molecule has 0 saturated carbocycles. The summed E-state index contributed by atoms with van der Waals surface area (Å²) in [4.78, 5) is 15.3. The Morgan fingerprint density at radius 2 is 0.909 bits per heavy atom.